The molecular formula is C86H113F10O15S2-. The highest BCUT2D eigenvalue weighted by molar-refractivity contribution is 7.85. The zero-order chi connectivity index (χ0) is 86.1. The first-order valence-corrected chi connectivity index (χ1v) is 40.7. The summed E-state index contributed by atoms with van der Waals surface area (Å²) in [5.74, 6) is -5.98. The molecule has 5 aromatic carbocycles. The van der Waals surface area contributed by atoms with Crippen LogP contribution in [0.2, 0.25) is 0 Å². The standard InChI is InChI=1S/C20H29F3O7S.C18H13S.C17H32O2.C15H21FO2.C11H16O.C5H3F6O3/c1-4-17(2,3)15(24)30-19-8-12-5-13(9-19)7-18(6-12,11-19)16(25)29-14(20(21,22)23)10-31(26,27)28;1-2-8-14(9-3-1)19-17-12-6-4-10-15(17)16-11-5-7-13-18(16)19;1-9-15(3,4)14(18)19-13-10-16(5,6)12(2)17(7,8)11-13;1-6-14(2,3)13(17)18-15(4,5)11-7-9-12(16)10-8-11;1-4-11(2,3)9-5-7-10(12)8-6-9;1-14-2(12)3(13,4(6,7)8)5(9,10)11/h12-14H,4-11H2,1-3H3,(H,26,27,28);1-13H;12-13H,9-11H2,1-8H3;7-10H,6H2,1-5H3;5-8,12H,4H2,1-3H3;1H3/q;+1;;;;-1/p-1. The van der Waals surface area contributed by atoms with Crippen molar-refractivity contribution in [2.75, 3.05) is 12.9 Å². The van der Waals surface area contributed by atoms with E-state index in [-0.39, 0.29) is 81.4 Å². The van der Waals surface area contributed by atoms with Crippen LogP contribution in [0.25, 0.3) is 25.1 Å². The molecule has 630 valence electrons. The molecule has 1 N–H and O–H groups in total. The molecule has 1 aromatic heterocycles. The van der Waals surface area contributed by atoms with E-state index in [1.807, 2.05) is 74.4 Å². The highest BCUT2D eigenvalue weighted by Gasteiger charge is 2.68. The number of ether oxygens (including phenoxy) is 5. The molecule has 0 aliphatic heterocycles. The van der Waals surface area contributed by atoms with Gasteiger partial charge in [-0.2, -0.15) is 39.5 Å². The van der Waals surface area contributed by atoms with Gasteiger partial charge < -0.3 is 38.5 Å². The van der Waals surface area contributed by atoms with Crippen molar-refractivity contribution in [1.29, 1.82) is 0 Å². The van der Waals surface area contributed by atoms with Crippen molar-refractivity contribution in [3.63, 3.8) is 0 Å². The van der Waals surface area contributed by atoms with Crippen molar-refractivity contribution in [2.45, 2.75) is 262 Å². The zero-order valence-corrected chi connectivity index (χ0v) is 70.1. The van der Waals surface area contributed by atoms with E-state index in [0.29, 0.717) is 50.2 Å². The summed E-state index contributed by atoms with van der Waals surface area (Å²) in [7, 11) is -4.96. The highest BCUT2D eigenvalue weighted by atomic mass is 32.2. The Morgan fingerprint density at radius 2 is 0.991 bits per heavy atom. The van der Waals surface area contributed by atoms with Crippen molar-refractivity contribution in [2.24, 2.45) is 50.2 Å². The molecular weight excluding hydrogens is 1530 g/mol. The number of hydrogen-bond acceptors (Lipinski definition) is 15. The van der Waals surface area contributed by atoms with E-state index in [9.17, 15) is 86.0 Å². The lowest BCUT2D eigenvalue weighted by molar-refractivity contribution is -0.574. The Balaban J connectivity index is 0.000000249. The Morgan fingerprint density at radius 1 is 0.566 bits per heavy atom. The van der Waals surface area contributed by atoms with E-state index >= 15 is 0 Å². The zero-order valence-electron chi connectivity index (χ0n) is 68.5. The number of methoxy groups -OCH3 is 1. The predicted molar refractivity (Wildman–Crippen MR) is 414 cm³/mol. The molecule has 0 saturated heterocycles. The van der Waals surface area contributed by atoms with Crippen molar-refractivity contribution in [3.8, 4) is 10.6 Å². The van der Waals surface area contributed by atoms with E-state index in [2.05, 4.69) is 144 Å². The van der Waals surface area contributed by atoms with Crippen molar-refractivity contribution < 1.29 is 115 Å². The first-order valence-electron chi connectivity index (χ1n) is 37.9. The van der Waals surface area contributed by atoms with E-state index in [1.165, 1.54) is 42.8 Å². The topological polar surface area (TPSA) is 232 Å². The van der Waals surface area contributed by atoms with Crippen molar-refractivity contribution in [3.05, 3.63) is 144 Å². The Labute approximate surface area is 661 Å². The van der Waals surface area contributed by atoms with Gasteiger partial charge in [0.1, 0.15) is 28.9 Å². The number of phenols is 1. The van der Waals surface area contributed by atoms with Crippen LogP contribution in [-0.2, 0) is 68.8 Å². The van der Waals surface area contributed by atoms with Gasteiger partial charge in [0.05, 0.1) is 44.6 Å². The number of phenolic OH excluding ortho intramolecular Hbond substituents is 1. The molecule has 3 atom stereocenters. The summed E-state index contributed by atoms with van der Waals surface area (Å²) in [6, 6.07) is 41.9. The van der Waals surface area contributed by atoms with E-state index in [4.69, 9.17) is 19.3 Å². The molecule has 0 radical (unpaired) electrons. The molecule has 5 saturated carbocycles. The maximum Gasteiger partial charge on any atom is 0.426 e. The van der Waals surface area contributed by atoms with Crippen LogP contribution in [-0.4, -0.2) is 103 Å². The quantitative estimate of drug-likeness (QED) is 0.0277. The number of rotatable bonds is 18. The molecule has 0 amide bonds. The molecule has 5 aliphatic carbocycles. The van der Waals surface area contributed by atoms with Gasteiger partial charge in [-0.1, -0.05) is 143 Å². The normalized spacial score (nSPS) is 21.1. The second kappa shape index (κ2) is 36.4. The number of esters is 5. The van der Waals surface area contributed by atoms with Crippen LogP contribution in [0.5, 0.6) is 5.75 Å². The van der Waals surface area contributed by atoms with Crippen LogP contribution in [0.4, 0.5) is 43.9 Å². The summed E-state index contributed by atoms with van der Waals surface area (Å²) in [6.07, 6.45) is -13.1. The van der Waals surface area contributed by atoms with Gasteiger partial charge in [0.25, 0.3) is 0 Å². The Bertz CT molecular complexity index is 4210. The van der Waals surface area contributed by atoms with Gasteiger partial charge in [0.15, 0.2) is 19.9 Å². The maximum atomic E-state index is 13.3. The number of aromatic hydroxyl groups is 1. The summed E-state index contributed by atoms with van der Waals surface area (Å²) in [4.78, 5) is 61.5. The Hall–Kier alpha value is -7.36. The number of fused-ring (bicyclic) bond motifs is 3. The monoisotopic (exact) mass is 1640 g/mol. The molecule has 27 heteroatoms. The first kappa shape index (κ1) is 96.2. The maximum absolute atomic E-state index is 13.3. The fraction of sp³-hybridized carbons (Fsp3) is 0.593. The molecule has 1 heterocycles. The third-order valence-electron chi connectivity index (χ3n) is 23.3. The molecule has 5 fully saturated rings. The number of halogens is 10. The van der Waals surface area contributed by atoms with Crippen LogP contribution in [0.1, 0.15) is 220 Å². The molecule has 6 aromatic rings. The van der Waals surface area contributed by atoms with Crippen LogP contribution in [0.3, 0.4) is 0 Å². The lowest BCUT2D eigenvalue weighted by Crippen LogP contribution is -2.71. The van der Waals surface area contributed by atoms with Gasteiger partial charge in [-0.25, -0.2) is 12.8 Å². The van der Waals surface area contributed by atoms with E-state index < -0.39 is 91.5 Å². The van der Waals surface area contributed by atoms with Crippen LogP contribution >= 0.6 is 10.5 Å². The molecule has 4 bridgehead atoms. The number of benzene rings is 5. The van der Waals surface area contributed by atoms with Crippen LogP contribution < -0.4 is 5.11 Å². The minimum absolute atomic E-state index is 0.00100. The second-order valence-corrected chi connectivity index (χ2v) is 38.2. The second-order valence-electron chi connectivity index (χ2n) is 34.8. The fourth-order valence-electron chi connectivity index (χ4n) is 14.6. The van der Waals surface area contributed by atoms with Crippen molar-refractivity contribution in [1.82, 2.24) is 0 Å². The molecule has 5 aliphatic rings. The highest BCUT2D eigenvalue weighted by Crippen LogP contribution is 2.64. The lowest BCUT2D eigenvalue weighted by atomic mass is 9.48. The minimum atomic E-state index is -6.29. The third-order valence-corrected chi connectivity index (χ3v) is 26.4. The molecule has 0 spiro atoms. The molecule has 3 unspecified atom stereocenters. The van der Waals surface area contributed by atoms with Gasteiger partial charge in [0, 0.05) is 27.7 Å². The predicted octanol–water partition coefficient (Wildman–Crippen LogP) is 21.4. The van der Waals surface area contributed by atoms with Crippen molar-refractivity contribution >= 4 is 70.6 Å². The van der Waals surface area contributed by atoms with Gasteiger partial charge in [-0.15, -0.1) is 0 Å². The number of hydrogen-bond donors (Lipinski definition) is 1. The minimum Gasteiger partial charge on any atom is -0.828 e. The molecule has 11 rings (SSSR count). The van der Waals surface area contributed by atoms with Gasteiger partial charge >= 0.3 is 48.4 Å². The summed E-state index contributed by atoms with van der Waals surface area (Å²) in [6.45, 7) is 38.7. The number of carbonyl (C=O) groups excluding carboxylic acids is 5. The van der Waals surface area contributed by atoms with Crippen LogP contribution in [0, 0.1) is 56.1 Å². The van der Waals surface area contributed by atoms with Crippen LogP contribution in [0.15, 0.2) is 127 Å². The lowest BCUT2D eigenvalue weighted by Gasteiger charge is -2.60. The first-order chi connectivity index (χ1) is 51.6. The smallest absolute Gasteiger partial charge is 0.426 e. The molecule has 113 heavy (non-hydrogen) atoms. The van der Waals surface area contributed by atoms with Gasteiger partial charge in [0.2, 0.25) is 6.10 Å². The summed E-state index contributed by atoms with van der Waals surface area (Å²) < 4.78 is 184. The Kier molecular flexibility index (Phi) is 31.0. The average molecular weight is 1640 g/mol. The van der Waals surface area contributed by atoms with E-state index in [0.717, 1.165) is 37.7 Å². The average Bonchev–Trinajstić information content (AvgIpc) is 1.10. The molecule has 15 nitrogen and oxygen atoms in total. The summed E-state index contributed by atoms with van der Waals surface area (Å²) in [5, 5.41) is 22.2. The van der Waals surface area contributed by atoms with E-state index in [1.54, 1.807) is 38.1 Å². The van der Waals surface area contributed by atoms with Gasteiger partial charge in [-0.05, 0) is 232 Å². The Morgan fingerprint density at radius 3 is 1.40 bits per heavy atom. The fourth-order valence-corrected chi connectivity index (χ4v) is 17.6. The number of thiophene rings is 1. The van der Waals surface area contributed by atoms with Gasteiger partial charge in [-0.3, -0.25) is 24.0 Å². The number of carbonyl (C=O) groups is 5. The largest absolute Gasteiger partial charge is 0.828 e. The summed E-state index contributed by atoms with van der Waals surface area (Å²) >= 11 is 0. The third kappa shape index (κ3) is 24.2. The number of alkyl halides is 9. The SMILES string of the molecule is CCC(C)(C)C(=O)OC(C)(C)c1ccc(F)cc1.CCC(C)(C)C(=O)OC12CC3CC(C1)CC(C(=O)OC(CS(=O)(=O)[O-])C(F)(F)F)(C3)C2.CCC(C)(C)C(=O)OC1CC(C)(C)C(C)C(C)(C)C1.CCC(C)(C)c1ccc(O)cc1.COC(=O)C([O-])(C(F)(F)F)C(F)(F)F.c1ccc(-[s+]2c3ccccc3c3ccccc32)cc1. The summed E-state index contributed by atoms with van der Waals surface area (Å²) in [5.41, 5.74) is -7.57.